The molecule has 1 saturated carbocycles. The molecule has 0 aliphatic heterocycles. The summed E-state index contributed by atoms with van der Waals surface area (Å²) in [7, 11) is 0.852. The molecule has 1 fully saturated rings. The van der Waals surface area contributed by atoms with Gasteiger partial charge in [0.25, 0.3) is 0 Å². The Morgan fingerprint density at radius 2 is 1.44 bits per heavy atom. The molecule has 0 spiro atoms. The molecule has 0 bridgehead atoms. The summed E-state index contributed by atoms with van der Waals surface area (Å²) >= 11 is 0. The van der Waals surface area contributed by atoms with Gasteiger partial charge >= 0.3 is 12.4 Å². The molecule has 0 aromatic heterocycles. The Morgan fingerprint density at radius 3 is 1.67 bits per heavy atom. The second kappa shape index (κ2) is 3.75. The number of methoxy groups -OCH3 is 1. The second-order valence-corrected chi connectivity index (χ2v) is 3.86. The van der Waals surface area contributed by atoms with Crippen molar-refractivity contribution in [3.8, 4) is 12.1 Å². The van der Waals surface area contributed by atoms with Crippen LogP contribution in [0.1, 0.15) is 6.42 Å². The van der Waals surface area contributed by atoms with Crippen LogP contribution in [0.15, 0.2) is 0 Å². The van der Waals surface area contributed by atoms with Crippen LogP contribution in [-0.2, 0) is 4.74 Å². The molecule has 0 aromatic rings. The van der Waals surface area contributed by atoms with Crippen molar-refractivity contribution in [2.45, 2.75) is 24.9 Å². The van der Waals surface area contributed by atoms with Gasteiger partial charge in [-0.15, -0.1) is 0 Å². The summed E-state index contributed by atoms with van der Waals surface area (Å²) < 4.78 is 80.9. The molecule has 9 heteroatoms. The van der Waals surface area contributed by atoms with Gasteiger partial charge in [0.15, 0.2) is 10.8 Å². The van der Waals surface area contributed by atoms with Crippen LogP contribution in [0.25, 0.3) is 0 Å². The molecule has 0 heterocycles. The highest BCUT2D eigenvalue weighted by Gasteiger charge is 2.89. The lowest BCUT2D eigenvalue weighted by molar-refractivity contribution is -0.413. The van der Waals surface area contributed by atoms with Gasteiger partial charge in [0.1, 0.15) is 0 Å². The molecule has 1 rings (SSSR count). The molecule has 1 aliphatic rings. The molecule has 0 N–H and O–H groups in total. The number of alkyl halides is 6. The van der Waals surface area contributed by atoms with Crippen molar-refractivity contribution in [1.82, 2.24) is 0 Å². The van der Waals surface area contributed by atoms with E-state index in [1.165, 1.54) is 0 Å². The fraction of sp³-hybridized carbons (Fsp3) is 0.778. The maximum atomic E-state index is 12.8. The molecular formula is C9H6F6N2O. The Labute approximate surface area is 97.5 Å². The lowest BCUT2D eigenvalue weighted by Crippen LogP contribution is -2.73. The van der Waals surface area contributed by atoms with Gasteiger partial charge in [-0.25, -0.2) is 0 Å². The zero-order chi connectivity index (χ0) is 14.4. The van der Waals surface area contributed by atoms with Crippen LogP contribution in [-0.4, -0.2) is 25.6 Å². The van der Waals surface area contributed by atoms with E-state index in [0.717, 1.165) is 19.2 Å². The Bertz CT molecular complexity index is 398. The largest absolute Gasteiger partial charge is 0.406 e. The van der Waals surface area contributed by atoms with E-state index in [1.807, 2.05) is 0 Å². The highest BCUT2D eigenvalue weighted by molar-refractivity contribution is 5.35. The van der Waals surface area contributed by atoms with Crippen molar-refractivity contribution < 1.29 is 31.1 Å². The van der Waals surface area contributed by atoms with E-state index in [-0.39, 0.29) is 0 Å². The van der Waals surface area contributed by atoms with Crippen molar-refractivity contribution in [2.75, 3.05) is 7.11 Å². The first-order chi connectivity index (χ1) is 8.04. The minimum absolute atomic E-state index is 0.844. The van der Waals surface area contributed by atoms with Crippen LogP contribution in [0.5, 0.6) is 0 Å². The second-order valence-electron chi connectivity index (χ2n) is 3.86. The maximum Gasteiger partial charge on any atom is 0.406 e. The van der Waals surface area contributed by atoms with Crippen LogP contribution in [0.2, 0.25) is 0 Å². The van der Waals surface area contributed by atoms with E-state index in [0.29, 0.717) is 0 Å². The third-order valence-electron chi connectivity index (χ3n) is 3.25. The van der Waals surface area contributed by atoms with Gasteiger partial charge in [0, 0.05) is 13.5 Å². The van der Waals surface area contributed by atoms with E-state index in [2.05, 4.69) is 4.74 Å². The molecule has 1 atom stereocenters. The van der Waals surface area contributed by atoms with E-state index in [4.69, 9.17) is 10.5 Å². The van der Waals surface area contributed by atoms with E-state index in [9.17, 15) is 26.3 Å². The minimum atomic E-state index is -5.76. The van der Waals surface area contributed by atoms with Gasteiger partial charge in [-0.05, 0) is 0 Å². The van der Waals surface area contributed by atoms with Crippen molar-refractivity contribution in [3.63, 3.8) is 0 Å². The summed E-state index contributed by atoms with van der Waals surface area (Å²) in [6, 6.07) is 1.69. The number of rotatable bonds is 1. The van der Waals surface area contributed by atoms with Crippen molar-refractivity contribution in [3.05, 3.63) is 0 Å². The van der Waals surface area contributed by atoms with Crippen molar-refractivity contribution >= 4 is 0 Å². The van der Waals surface area contributed by atoms with Gasteiger partial charge in [-0.3, -0.25) is 0 Å². The molecule has 100 valence electrons. The van der Waals surface area contributed by atoms with Gasteiger partial charge in [0.2, 0.25) is 0 Å². The fourth-order valence-corrected chi connectivity index (χ4v) is 2.20. The summed E-state index contributed by atoms with van der Waals surface area (Å²) in [5.41, 5.74) is -7.67. The quantitative estimate of drug-likeness (QED) is 0.689. The smallest absolute Gasteiger partial charge is 0.379 e. The predicted molar refractivity (Wildman–Crippen MR) is 43.6 cm³/mol. The maximum absolute atomic E-state index is 12.8. The Hall–Kier alpha value is -1.48. The Morgan fingerprint density at radius 1 is 1.06 bits per heavy atom. The summed E-state index contributed by atoms with van der Waals surface area (Å²) in [6.45, 7) is 0. The molecule has 1 unspecified atom stereocenters. The Balaban J connectivity index is 3.52. The van der Waals surface area contributed by atoms with Crippen LogP contribution in [0.3, 0.4) is 0 Å². The predicted octanol–water partition coefficient (Wildman–Crippen LogP) is 2.55. The van der Waals surface area contributed by atoms with Crippen molar-refractivity contribution in [2.24, 2.45) is 10.8 Å². The summed E-state index contributed by atoms with van der Waals surface area (Å²) in [6.07, 6.45) is -14.7. The van der Waals surface area contributed by atoms with Gasteiger partial charge < -0.3 is 4.74 Å². The van der Waals surface area contributed by atoms with Crippen LogP contribution in [0, 0.1) is 33.5 Å². The monoisotopic (exact) mass is 272 g/mol. The highest BCUT2D eigenvalue weighted by Crippen LogP contribution is 2.71. The third-order valence-corrected chi connectivity index (χ3v) is 3.25. The molecule has 0 saturated heterocycles. The number of halogens is 6. The summed E-state index contributed by atoms with van der Waals surface area (Å²) in [5, 5.41) is 17.3. The first-order valence-corrected chi connectivity index (χ1v) is 4.53. The highest BCUT2D eigenvalue weighted by atomic mass is 19.4. The lowest BCUT2D eigenvalue weighted by Gasteiger charge is -2.56. The van der Waals surface area contributed by atoms with E-state index >= 15 is 0 Å². The minimum Gasteiger partial charge on any atom is -0.379 e. The molecular weight excluding hydrogens is 266 g/mol. The van der Waals surface area contributed by atoms with Crippen LogP contribution >= 0.6 is 0 Å². The number of hydrogen-bond donors (Lipinski definition) is 0. The SMILES string of the molecule is COC1CC(C(F)(F)F)(C(F)(F)F)C1(C#N)C#N. The molecule has 0 amide bonds. The molecule has 18 heavy (non-hydrogen) atoms. The number of nitrogens with zero attached hydrogens (tertiary/aromatic N) is 2. The standard InChI is InChI=1S/C9H6F6N2O/c1-18-5-2-7(8(10,11)12,9(13,14)15)6(5,3-16)4-17/h5H,2H2,1H3. The average molecular weight is 272 g/mol. The van der Waals surface area contributed by atoms with Crippen LogP contribution in [0.4, 0.5) is 26.3 Å². The van der Waals surface area contributed by atoms with Crippen molar-refractivity contribution in [1.29, 1.82) is 10.5 Å². The van der Waals surface area contributed by atoms with Gasteiger partial charge in [0.05, 0.1) is 18.2 Å². The van der Waals surface area contributed by atoms with E-state index < -0.39 is 35.7 Å². The topological polar surface area (TPSA) is 56.8 Å². The lowest BCUT2D eigenvalue weighted by atomic mass is 9.47. The van der Waals surface area contributed by atoms with Gasteiger partial charge in [-0.2, -0.15) is 36.9 Å². The van der Waals surface area contributed by atoms with E-state index in [1.54, 1.807) is 0 Å². The summed E-state index contributed by atoms with van der Waals surface area (Å²) in [4.78, 5) is 0. The normalized spacial score (nSPS) is 25.7. The zero-order valence-corrected chi connectivity index (χ0v) is 8.85. The number of ether oxygens (including phenoxy) is 1. The average Bonchev–Trinajstić information content (AvgIpc) is 2.15. The first kappa shape index (κ1) is 14.6. The molecule has 1 aliphatic carbocycles. The number of hydrogen-bond acceptors (Lipinski definition) is 3. The first-order valence-electron chi connectivity index (χ1n) is 4.53. The third kappa shape index (κ3) is 1.34. The zero-order valence-electron chi connectivity index (χ0n) is 8.85. The fourth-order valence-electron chi connectivity index (χ4n) is 2.20. The Kier molecular flexibility index (Phi) is 3.04. The molecule has 0 radical (unpaired) electrons. The molecule has 0 aromatic carbocycles. The van der Waals surface area contributed by atoms with Gasteiger partial charge in [-0.1, -0.05) is 0 Å². The van der Waals surface area contributed by atoms with Crippen LogP contribution < -0.4 is 0 Å². The number of nitriles is 2. The molecule has 3 nitrogen and oxygen atoms in total. The summed E-state index contributed by atoms with van der Waals surface area (Å²) in [5.74, 6) is 0.